The van der Waals surface area contributed by atoms with E-state index in [1.807, 2.05) is 30.3 Å². The van der Waals surface area contributed by atoms with Crippen molar-refractivity contribution in [3.8, 4) is 0 Å². The van der Waals surface area contributed by atoms with E-state index in [1.54, 1.807) is 12.1 Å². The Morgan fingerprint density at radius 3 is 2.17 bits per heavy atom. The van der Waals surface area contributed by atoms with Crippen molar-refractivity contribution in [2.24, 2.45) is 5.92 Å². The minimum Gasteiger partial charge on any atom is -0.211 e. The molecule has 0 fully saturated rings. The van der Waals surface area contributed by atoms with Crippen LogP contribution in [0.3, 0.4) is 0 Å². The van der Waals surface area contributed by atoms with Crippen LogP contribution in [0.1, 0.15) is 31.4 Å². The average molecular weight is 331 g/mol. The number of benzene rings is 2. The summed E-state index contributed by atoms with van der Waals surface area (Å²) < 4.78 is 27.2. The lowest BCUT2D eigenvalue weighted by Gasteiger charge is -2.09. The molecule has 0 aliphatic heterocycles. The van der Waals surface area contributed by atoms with Crippen LogP contribution >= 0.6 is 0 Å². The predicted octanol–water partition coefficient (Wildman–Crippen LogP) is 3.80. The summed E-state index contributed by atoms with van der Waals surface area (Å²) >= 11 is 0. The van der Waals surface area contributed by atoms with Crippen molar-refractivity contribution >= 4 is 10.0 Å². The maximum atomic E-state index is 12.3. The van der Waals surface area contributed by atoms with Crippen molar-refractivity contribution < 1.29 is 8.42 Å². The highest BCUT2D eigenvalue weighted by Crippen LogP contribution is 2.13. The van der Waals surface area contributed by atoms with Crippen molar-refractivity contribution in [2.45, 2.75) is 38.0 Å². The summed E-state index contributed by atoms with van der Waals surface area (Å²) in [6.07, 6.45) is 2.62. The summed E-state index contributed by atoms with van der Waals surface area (Å²) in [5.41, 5.74) is 2.40. The van der Waals surface area contributed by atoms with Gasteiger partial charge in [-0.3, -0.25) is 0 Å². The molecule has 124 valence electrons. The zero-order valence-corrected chi connectivity index (χ0v) is 14.6. The monoisotopic (exact) mass is 331 g/mol. The first-order valence-electron chi connectivity index (χ1n) is 8.10. The molecule has 2 rings (SSSR count). The third-order valence-electron chi connectivity index (χ3n) is 3.65. The zero-order valence-electron chi connectivity index (χ0n) is 13.8. The Kier molecular flexibility index (Phi) is 6.37. The van der Waals surface area contributed by atoms with Crippen LogP contribution in [0.4, 0.5) is 0 Å². The first-order chi connectivity index (χ1) is 11.0. The highest BCUT2D eigenvalue weighted by Gasteiger charge is 2.13. The molecule has 0 saturated carbocycles. The molecule has 2 aromatic carbocycles. The van der Waals surface area contributed by atoms with Crippen LogP contribution in [0.25, 0.3) is 0 Å². The standard InChI is InChI=1S/C19H25NO2S/c1-16(2)15-18-10-12-19(13-11-18)23(21,22)20-14-6-9-17-7-4-3-5-8-17/h3-5,7-8,10-13,16,20H,6,9,14-15H2,1-2H3. The van der Waals surface area contributed by atoms with Crippen molar-refractivity contribution in [1.29, 1.82) is 0 Å². The van der Waals surface area contributed by atoms with Gasteiger partial charge in [0.1, 0.15) is 0 Å². The van der Waals surface area contributed by atoms with Gasteiger partial charge in [0.25, 0.3) is 0 Å². The first-order valence-corrected chi connectivity index (χ1v) is 9.58. The van der Waals surface area contributed by atoms with Gasteiger partial charge >= 0.3 is 0 Å². The molecule has 0 bridgehead atoms. The van der Waals surface area contributed by atoms with Gasteiger partial charge in [-0.15, -0.1) is 0 Å². The Hall–Kier alpha value is -1.65. The molecule has 0 spiro atoms. The van der Waals surface area contributed by atoms with Gasteiger partial charge < -0.3 is 0 Å². The normalized spacial score (nSPS) is 11.8. The van der Waals surface area contributed by atoms with Crippen LogP contribution in [0.15, 0.2) is 59.5 Å². The average Bonchev–Trinajstić information content (AvgIpc) is 2.53. The highest BCUT2D eigenvalue weighted by atomic mass is 32.2. The summed E-state index contributed by atoms with van der Waals surface area (Å²) in [6, 6.07) is 17.3. The van der Waals surface area contributed by atoms with Crippen LogP contribution < -0.4 is 4.72 Å². The maximum absolute atomic E-state index is 12.3. The Bertz CT molecular complexity index is 692. The molecule has 0 unspecified atom stereocenters. The largest absolute Gasteiger partial charge is 0.240 e. The predicted molar refractivity (Wildman–Crippen MR) is 94.9 cm³/mol. The molecule has 3 nitrogen and oxygen atoms in total. The summed E-state index contributed by atoms with van der Waals surface area (Å²) in [5.74, 6) is 0.563. The summed E-state index contributed by atoms with van der Waals surface area (Å²) in [6.45, 7) is 4.75. The quantitative estimate of drug-likeness (QED) is 0.748. The fraction of sp³-hybridized carbons (Fsp3) is 0.368. The second kappa shape index (κ2) is 8.27. The number of sulfonamides is 1. The van der Waals surface area contributed by atoms with Crippen LogP contribution in [0, 0.1) is 5.92 Å². The molecule has 0 amide bonds. The Morgan fingerprint density at radius 1 is 0.913 bits per heavy atom. The van der Waals surface area contributed by atoms with Crippen LogP contribution in [0.2, 0.25) is 0 Å². The number of nitrogens with one attached hydrogen (secondary N) is 1. The molecule has 0 aliphatic rings. The van der Waals surface area contributed by atoms with E-state index >= 15 is 0 Å². The van der Waals surface area contributed by atoms with Crippen LogP contribution in [-0.2, 0) is 22.9 Å². The fourth-order valence-electron chi connectivity index (χ4n) is 2.50. The third-order valence-corrected chi connectivity index (χ3v) is 5.13. The molecule has 0 heterocycles. The second-order valence-corrected chi connectivity index (χ2v) is 8.00. The van der Waals surface area contributed by atoms with Gasteiger partial charge in [0.2, 0.25) is 10.0 Å². The van der Waals surface area contributed by atoms with Crippen molar-refractivity contribution in [2.75, 3.05) is 6.54 Å². The summed E-state index contributed by atoms with van der Waals surface area (Å²) in [7, 11) is -3.41. The molecule has 4 heteroatoms. The minimum absolute atomic E-state index is 0.338. The topological polar surface area (TPSA) is 46.2 Å². The van der Waals surface area contributed by atoms with Crippen molar-refractivity contribution in [3.63, 3.8) is 0 Å². The maximum Gasteiger partial charge on any atom is 0.240 e. The molecule has 23 heavy (non-hydrogen) atoms. The summed E-state index contributed by atoms with van der Waals surface area (Å²) in [4.78, 5) is 0.338. The molecule has 1 N–H and O–H groups in total. The van der Waals surface area contributed by atoms with E-state index in [1.165, 1.54) is 11.1 Å². The van der Waals surface area contributed by atoms with E-state index < -0.39 is 10.0 Å². The highest BCUT2D eigenvalue weighted by molar-refractivity contribution is 7.89. The van der Waals surface area contributed by atoms with E-state index in [-0.39, 0.29) is 0 Å². The molecule has 0 aromatic heterocycles. The van der Waals surface area contributed by atoms with Gasteiger partial charge in [-0.1, -0.05) is 56.3 Å². The molecule has 0 atom stereocenters. The van der Waals surface area contributed by atoms with E-state index in [0.29, 0.717) is 17.4 Å². The molecular weight excluding hydrogens is 306 g/mol. The van der Waals surface area contributed by atoms with Gasteiger partial charge in [-0.25, -0.2) is 13.1 Å². The van der Waals surface area contributed by atoms with Gasteiger partial charge in [0.05, 0.1) is 4.90 Å². The van der Waals surface area contributed by atoms with Crippen LogP contribution in [-0.4, -0.2) is 15.0 Å². The molecule has 2 aromatic rings. The molecule has 0 saturated heterocycles. The number of hydrogen-bond acceptors (Lipinski definition) is 2. The van der Waals surface area contributed by atoms with Crippen molar-refractivity contribution in [3.05, 3.63) is 65.7 Å². The number of rotatable bonds is 8. The van der Waals surface area contributed by atoms with Gasteiger partial charge in [0.15, 0.2) is 0 Å². The van der Waals surface area contributed by atoms with Gasteiger partial charge in [-0.2, -0.15) is 0 Å². The van der Waals surface area contributed by atoms with E-state index in [4.69, 9.17) is 0 Å². The van der Waals surface area contributed by atoms with Crippen molar-refractivity contribution in [1.82, 2.24) is 4.72 Å². The smallest absolute Gasteiger partial charge is 0.211 e. The molecular formula is C19H25NO2S. The van der Waals surface area contributed by atoms with Crippen LogP contribution in [0.5, 0.6) is 0 Å². The van der Waals surface area contributed by atoms with E-state index in [0.717, 1.165) is 19.3 Å². The summed E-state index contributed by atoms with van der Waals surface area (Å²) in [5, 5.41) is 0. The fourth-order valence-corrected chi connectivity index (χ4v) is 3.58. The zero-order chi connectivity index (χ0) is 16.7. The second-order valence-electron chi connectivity index (χ2n) is 6.23. The minimum atomic E-state index is -3.41. The van der Waals surface area contributed by atoms with E-state index in [2.05, 4.69) is 30.7 Å². The first kappa shape index (κ1) is 17.7. The Labute approximate surface area is 139 Å². The van der Waals surface area contributed by atoms with Gasteiger partial charge in [-0.05, 0) is 48.4 Å². The number of aryl methyl sites for hydroxylation is 1. The number of hydrogen-bond donors (Lipinski definition) is 1. The Morgan fingerprint density at radius 2 is 1.57 bits per heavy atom. The SMILES string of the molecule is CC(C)Cc1ccc(S(=O)(=O)NCCCc2ccccc2)cc1. The Balaban J connectivity index is 1.86. The molecule has 0 aliphatic carbocycles. The molecule has 0 radical (unpaired) electrons. The lowest BCUT2D eigenvalue weighted by atomic mass is 10.0. The van der Waals surface area contributed by atoms with Gasteiger partial charge in [0, 0.05) is 6.54 Å². The van der Waals surface area contributed by atoms with E-state index in [9.17, 15) is 8.42 Å². The third kappa shape index (κ3) is 5.81. The lowest BCUT2D eigenvalue weighted by Crippen LogP contribution is -2.25. The lowest BCUT2D eigenvalue weighted by molar-refractivity contribution is 0.579.